The molecule has 1 rings (SSSR count). The average Bonchev–Trinajstić information content (AvgIpc) is 2.37. The van der Waals surface area contributed by atoms with Crippen LogP contribution in [-0.4, -0.2) is 24.0 Å². The van der Waals surface area contributed by atoms with Crippen molar-refractivity contribution in [3.8, 4) is 0 Å². The predicted molar refractivity (Wildman–Crippen MR) is 70.6 cm³/mol. The first-order valence-corrected chi connectivity index (χ1v) is 6.04. The highest BCUT2D eigenvalue weighted by molar-refractivity contribution is 5.94. The van der Waals surface area contributed by atoms with Crippen LogP contribution in [0.3, 0.4) is 0 Å². The van der Waals surface area contributed by atoms with E-state index in [-0.39, 0.29) is 12.3 Å². The van der Waals surface area contributed by atoms with Crippen LogP contribution in [0.1, 0.15) is 25.8 Å². The summed E-state index contributed by atoms with van der Waals surface area (Å²) in [6.45, 7) is 3.60. The smallest absolute Gasteiger partial charge is 0.306 e. The molecule has 1 aromatic rings. The third-order valence-electron chi connectivity index (χ3n) is 3.01. The van der Waals surface area contributed by atoms with Crippen LogP contribution in [0.15, 0.2) is 24.3 Å². The molecular weight excluding hydrogens is 230 g/mol. The van der Waals surface area contributed by atoms with Gasteiger partial charge in [-0.05, 0) is 24.1 Å². The van der Waals surface area contributed by atoms with Gasteiger partial charge in [0.05, 0.1) is 5.92 Å². The van der Waals surface area contributed by atoms with E-state index in [4.69, 9.17) is 5.11 Å². The van der Waals surface area contributed by atoms with Crippen LogP contribution >= 0.6 is 0 Å². The lowest BCUT2D eigenvalue weighted by Crippen LogP contribution is -2.29. The molecule has 0 heterocycles. The Morgan fingerprint density at radius 2 is 1.83 bits per heavy atom. The second-order valence-electron chi connectivity index (χ2n) is 4.42. The minimum absolute atomic E-state index is 0.0152. The van der Waals surface area contributed by atoms with Gasteiger partial charge in [-0.25, -0.2) is 0 Å². The number of carbonyl (C=O) groups is 2. The quantitative estimate of drug-likeness (QED) is 0.871. The summed E-state index contributed by atoms with van der Waals surface area (Å²) < 4.78 is 0. The van der Waals surface area contributed by atoms with Crippen molar-refractivity contribution < 1.29 is 14.7 Å². The molecule has 1 aromatic carbocycles. The SMILES string of the molecule is CCc1ccc(N(C)C(=O)CC(C)C(=O)O)cc1. The molecule has 0 aromatic heterocycles. The lowest BCUT2D eigenvalue weighted by molar-refractivity contribution is -0.143. The van der Waals surface area contributed by atoms with Crippen molar-refractivity contribution >= 4 is 17.6 Å². The molecule has 0 aliphatic rings. The van der Waals surface area contributed by atoms with E-state index in [0.717, 1.165) is 12.1 Å². The maximum atomic E-state index is 11.9. The standard InChI is InChI=1S/C14H19NO3/c1-4-11-5-7-12(8-6-11)15(3)13(16)9-10(2)14(17)18/h5-8,10H,4,9H2,1-3H3,(H,17,18). The number of aliphatic carboxylic acids is 1. The Morgan fingerprint density at radius 1 is 1.28 bits per heavy atom. The fraction of sp³-hybridized carbons (Fsp3) is 0.429. The monoisotopic (exact) mass is 249 g/mol. The van der Waals surface area contributed by atoms with Gasteiger partial charge in [-0.2, -0.15) is 0 Å². The van der Waals surface area contributed by atoms with E-state index < -0.39 is 11.9 Å². The Balaban J connectivity index is 2.70. The van der Waals surface area contributed by atoms with Gasteiger partial charge in [0.15, 0.2) is 0 Å². The summed E-state index contributed by atoms with van der Waals surface area (Å²) in [6.07, 6.45) is 0.968. The first-order chi connectivity index (χ1) is 8.45. The van der Waals surface area contributed by atoms with Gasteiger partial charge in [-0.1, -0.05) is 26.0 Å². The number of hydrogen-bond donors (Lipinski definition) is 1. The normalized spacial score (nSPS) is 11.9. The maximum absolute atomic E-state index is 11.9. The second kappa shape index (κ2) is 6.19. The second-order valence-corrected chi connectivity index (χ2v) is 4.42. The Kier molecular flexibility index (Phi) is 4.89. The molecule has 1 N–H and O–H groups in total. The zero-order valence-corrected chi connectivity index (χ0v) is 11.0. The largest absolute Gasteiger partial charge is 0.481 e. The number of benzene rings is 1. The van der Waals surface area contributed by atoms with Gasteiger partial charge < -0.3 is 10.0 Å². The minimum Gasteiger partial charge on any atom is -0.481 e. The molecule has 0 bridgehead atoms. The highest BCUT2D eigenvalue weighted by Gasteiger charge is 2.19. The molecule has 0 saturated heterocycles. The number of aryl methyl sites for hydroxylation is 1. The van der Waals surface area contributed by atoms with E-state index in [1.165, 1.54) is 17.4 Å². The van der Waals surface area contributed by atoms with E-state index in [0.29, 0.717) is 0 Å². The average molecular weight is 249 g/mol. The van der Waals surface area contributed by atoms with Crippen LogP contribution in [0.2, 0.25) is 0 Å². The van der Waals surface area contributed by atoms with Gasteiger partial charge in [0, 0.05) is 19.2 Å². The van der Waals surface area contributed by atoms with Crippen molar-refractivity contribution in [2.45, 2.75) is 26.7 Å². The Labute approximate surface area is 107 Å². The number of carbonyl (C=O) groups excluding carboxylic acids is 1. The molecule has 1 amide bonds. The molecule has 1 unspecified atom stereocenters. The highest BCUT2D eigenvalue weighted by Crippen LogP contribution is 2.16. The molecule has 4 heteroatoms. The molecule has 0 aliphatic carbocycles. The molecule has 0 fully saturated rings. The number of carboxylic acid groups (broad SMARTS) is 1. The number of rotatable bonds is 5. The van der Waals surface area contributed by atoms with Crippen LogP contribution in [0, 0.1) is 5.92 Å². The van der Waals surface area contributed by atoms with E-state index in [9.17, 15) is 9.59 Å². The predicted octanol–water partition coefficient (Wildman–Crippen LogP) is 2.32. The Morgan fingerprint density at radius 3 is 2.28 bits per heavy atom. The van der Waals surface area contributed by atoms with Gasteiger partial charge >= 0.3 is 5.97 Å². The van der Waals surface area contributed by atoms with Gasteiger partial charge in [-0.15, -0.1) is 0 Å². The van der Waals surface area contributed by atoms with E-state index >= 15 is 0 Å². The first kappa shape index (κ1) is 14.2. The van der Waals surface area contributed by atoms with Crippen molar-refractivity contribution in [3.63, 3.8) is 0 Å². The molecule has 4 nitrogen and oxygen atoms in total. The van der Waals surface area contributed by atoms with E-state index in [1.54, 1.807) is 7.05 Å². The number of carboxylic acids is 1. The first-order valence-electron chi connectivity index (χ1n) is 6.04. The molecule has 1 atom stereocenters. The molecule has 0 saturated carbocycles. The van der Waals surface area contributed by atoms with Gasteiger partial charge in [-0.3, -0.25) is 9.59 Å². The molecule has 98 valence electrons. The minimum atomic E-state index is -0.946. The van der Waals surface area contributed by atoms with Crippen molar-refractivity contribution in [2.75, 3.05) is 11.9 Å². The lowest BCUT2D eigenvalue weighted by Gasteiger charge is -2.18. The zero-order valence-electron chi connectivity index (χ0n) is 11.0. The summed E-state index contributed by atoms with van der Waals surface area (Å²) in [5.74, 6) is -1.79. The molecule has 0 radical (unpaired) electrons. The Bertz CT molecular complexity index is 425. The fourth-order valence-corrected chi connectivity index (χ4v) is 1.59. The summed E-state index contributed by atoms with van der Waals surface area (Å²) in [7, 11) is 1.66. The fourth-order valence-electron chi connectivity index (χ4n) is 1.59. The van der Waals surface area contributed by atoms with Crippen LogP contribution in [0.25, 0.3) is 0 Å². The lowest BCUT2D eigenvalue weighted by atomic mass is 10.1. The summed E-state index contributed by atoms with van der Waals surface area (Å²) in [5.41, 5.74) is 1.99. The van der Waals surface area contributed by atoms with Crippen LogP contribution in [0.4, 0.5) is 5.69 Å². The van der Waals surface area contributed by atoms with Gasteiger partial charge in [0.2, 0.25) is 5.91 Å². The molecular formula is C14H19NO3. The molecule has 0 aliphatic heterocycles. The summed E-state index contributed by atoms with van der Waals surface area (Å²) in [6, 6.07) is 7.70. The van der Waals surface area contributed by atoms with Crippen molar-refractivity contribution in [1.82, 2.24) is 0 Å². The van der Waals surface area contributed by atoms with Crippen molar-refractivity contribution in [1.29, 1.82) is 0 Å². The van der Waals surface area contributed by atoms with Crippen LogP contribution in [0.5, 0.6) is 0 Å². The summed E-state index contributed by atoms with van der Waals surface area (Å²) in [4.78, 5) is 24.1. The van der Waals surface area contributed by atoms with Crippen molar-refractivity contribution in [2.24, 2.45) is 5.92 Å². The maximum Gasteiger partial charge on any atom is 0.306 e. The van der Waals surface area contributed by atoms with Crippen molar-refractivity contribution in [3.05, 3.63) is 29.8 Å². The van der Waals surface area contributed by atoms with Crippen LogP contribution in [-0.2, 0) is 16.0 Å². The summed E-state index contributed by atoms with van der Waals surface area (Å²) >= 11 is 0. The molecule has 18 heavy (non-hydrogen) atoms. The van der Waals surface area contributed by atoms with Crippen LogP contribution < -0.4 is 4.90 Å². The van der Waals surface area contributed by atoms with Gasteiger partial charge in [0.25, 0.3) is 0 Å². The van der Waals surface area contributed by atoms with E-state index in [1.807, 2.05) is 24.3 Å². The third kappa shape index (κ3) is 3.58. The van der Waals surface area contributed by atoms with Gasteiger partial charge in [0.1, 0.15) is 0 Å². The zero-order chi connectivity index (χ0) is 13.7. The summed E-state index contributed by atoms with van der Waals surface area (Å²) in [5, 5.41) is 8.78. The number of amides is 1. The number of anilines is 1. The topological polar surface area (TPSA) is 57.6 Å². The number of nitrogens with zero attached hydrogens (tertiary/aromatic N) is 1. The Hall–Kier alpha value is -1.84. The van der Waals surface area contributed by atoms with E-state index in [2.05, 4.69) is 6.92 Å². The number of hydrogen-bond acceptors (Lipinski definition) is 2. The third-order valence-corrected chi connectivity index (χ3v) is 3.01. The molecule has 0 spiro atoms. The highest BCUT2D eigenvalue weighted by atomic mass is 16.4.